The summed E-state index contributed by atoms with van der Waals surface area (Å²) in [6.07, 6.45) is 4.08. The first kappa shape index (κ1) is 19.2. The lowest BCUT2D eigenvalue weighted by Crippen LogP contribution is -2.43. The average Bonchev–Trinajstić information content (AvgIpc) is 2.47. The van der Waals surface area contributed by atoms with E-state index in [1.54, 1.807) is 13.8 Å². The second-order valence-corrected chi connectivity index (χ2v) is 5.59. The highest BCUT2D eigenvalue weighted by Gasteiger charge is 2.47. The molecule has 23 heavy (non-hydrogen) atoms. The molecule has 0 heterocycles. The Morgan fingerprint density at radius 2 is 1.61 bits per heavy atom. The molecule has 0 spiro atoms. The van der Waals surface area contributed by atoms with Crippen LogP contribution in [-0.2, 0) is 23.9 Å². The van der Waals surface area contributed by atoms with Gasteiger partial charge in [-0.15, -0.1) is 0 Å². The minimum Gasteiger partial charge on any atom is -0.511 e. The highest BCUT2D eigenvalue weighted by Crippen LogP contribution is 2.37. The molecule has 3 unspecified atom stereocenters. The molecule has 0 aromatic carbocycles. The molecule has 0 radical (unpaired) electrons. The van der Waals surface area contributed by atoms with Gasteiger partial charge in [-0.25, -0.2) is 0 Å². The summed E-state index contributed by atoms with van der Waals surface area (Å²) in [4.78, 5) is 36.6. The highest BCUT2D eigenvalue weighted by atomic mass is 16.5. The molecule has 0 saturated carbocycles. The van der Waals surface area contributed by atoms with Crippen molar-refractivity contribution < 1.29 is 29.0 Å². The summed E-state index contributed by atoms with van der Waals surface area (Å²) in [5.74, 6) is -4.76. The Hall–Kier alpha value is -1.85. The van der Waals surface area contributed by atoms with Gasteiger partial charge in [0.2, 0.25) is 0 Å². The number of allylic oxidation sites excluding steroid dienone is 1. The fraction of sp³-hybridized carbons (Fsp3) is 0.706. The van der Waals surface area contributed by atoms with Crippen LogP contribution >= 0.6 is 0 Å². The molecule has 1 rings (SSSR count). The minimum atomic E-state index is -1.06. The monoisotopic (exact) mass is 326 g/mol. The SMILES string of the molecule is CCCCCC1C(C(=O)OCC)C(=O)C=C(O)C1C(=O)OCC. The first-order chi connectivity index (χ1) is 11.0. The summed E-state index contributed by atoms with van der Waals surface area (Å²) in [7, 11) is 0. The second-order valence-electron chi connectivity index (χ2n) is 5.59. The molecule has 6 heteroatoms. The van der Waals surface area contributed by atoms with Gasteiger partial charge in [0.1, 0.15) is 17.6 Å². The van der Waals surface area contributed by atoms with Gasteiger partial charge >= 0.3 is 11.9 Å². The number of rotatable bonds is 8. The third-order valence-corrected chi connectivity index (χ3v) is 3.99. The predicted molar refractivity (Wildman–Crippen MR) is 83.6 cm³/mol. The molecule has 6 nitrogen and oxygen atoms in total. The molecular weight excluding hydrogens is 300 g/mol. The second kappa shape index (κ2) is 9.33. The summed E-state index contributed by atoms with van der Waals surface area (Å²) >= 11 is 0. The molecule has 0 aliphatic heterocycles. The maximum absolute atomic E-state index is 12.2. The highest BCUT2D eigenvalue weighted by molar-refractivity contribution is 6.07. The van der Waals surface area contributed by atoms with Gasteiger partial charge in [-0.2, -0.15) is 0 Å². The first-order valence-corrected chi connectivity index (χ1v) is 8.25. The van der Waals surface area contributed by atoms with E-state index in [0.29, 0.717) is 6.42 Å². The van der Waals surface area contributed by atoms with Crippen molar-refractivity contribution in [2.45, 2.75) is 46.5 Å². The van der Waals surface area contributed by atoms with Crippen LogP contribution in [0.3, 0.4) is 0 Å². The zero-order valence-electron chi connectivity index (χ0n) is 14.0. The molecule has 0 fully saturated rings. The van der Waals surface area contributed by atoms with Gasteiger partial charge in [-0.05, 0) is 26.2 Å². The van der Waals surface area contributed by atoms with Crippen molar-refractivity contribution in [1.29, 1.82) is 0 Å². The van der Waals surface area contributed by atoms with Crippen molar-refractivity contribution in [3.63, 3.8) is 0 Å². The molecule has 0 aromatic heterocycles. The minimum absolute atomic E-state index is 0.157. The van der Waals surface area contributed by atoms with Gasteiger partial charge in [-0.3, -0.25) is 14.4 Å². The van der Waals surface area contributed by atoms with E-state index in [4.69, 9.17) is 9.47 Å². The van der Waals surface area contributed by atoms with Crippen molar-refractivity contribution in [1.82, 2.24) is 0 Å². The van der Waals surface area contributed by atoms with Crippen molar-refractivity contribution in [2.24, 2.45) is 17.8 Å². The van der Waals surface area contributed by atoms with Crippen molar-refractivity contribution in [3.05, 3.63) is 11.8 Å². The van der Waals surface area contributed by atoms with Crippen LogP contribution < -0.4 is 0 Å². The lowest BCUT2D eigenvalue weighted by molar-refractivity contribution is -0.159. The van der Waals surface area contributed by atoms with Crippen LogP contribution in [0.15, 0.2) is 11.8 Å². The molecule has 3 atom stereocenters. The predicted octanol–water partition coefficient (Wildman–Crippen LogP) is 2.57. The van der Waals surface area contributed by atoms with E-state index in [1.807, 2.05) is 6.92 Å². The Labute approximate surface area is 136 Å². The van der Waals surface area contributed by atoms with Gasteiger partial charge in [0.15, 0.2) is 5.78 Å². The fourth-order valence-electron chi connectivity index (χ4n) is 2.96. The van der Waals surface area contributed by atoms with E-state index in [2.05, 4.69) is 0 Å². The lowest BCUT2D eigenvalue weighted by atomic mass is 9.71. The number of carbonyl (C=O) groups excluding carboxylic acids is 3. The van der Waals surface area contributed by atoms with E-state index in [9.17, 15) is 19.5 Å². The van der Waals surface area contributed by atoms with Crippen molar-refractivity contribution in [3.8, 4) is 0 Å². The molecule has 0 saturated heterocycles. The standard InChI is InChI=1S/C17H26O6/c1-4-7-8-9-11-14(16(20)22-5-2)12(18)10-13(19)15(11)17(21)23-6-3/h10-11,14-15,18H,4-9H2,1-3H3. The third-order valence-electron chi connectivity index (χ3n) is 3.99. The lowest BCUT2D eigenvalue weighted by Gasteiger charge is -2.32. The Kier molecular flexibility index (Phi) is 7.78. The number of carbonyl (C=O) groups is 3. The van der Waals surface area contributed by atoms with Crippen molar-refractivity contribution in [2.75, 3.05) is 13.2 Å². The normalized spacial score (nSPS) is 24.0. The van der Waals surface area contributed by atoms with Gasteiger partial charge in [0.25, 0.3) is 0 Å². The van der Waals surface area contributed by atoms with Crippen LogP contribution in [0.4, 0.5) is 0 Å². The number of ether oxygens (including phenoxy) is 2. The molecule has 1 N–H and O–H groups in total. The smallest absolute Gasteiger partial charge is 0.317 e. The number of hydrogen-bond acceptors (Lipinski definition) is 6. The summed E-state index contributed by atoms with van der Waals surface area (Å²) < 4.78 is 10.00. The topological polar surface area (TPSA) is 89.9 Å². The summed E-state index contributed by atoms with van der Waals surface area (Å²) in [6, 6.07) is 0. The van der Waals surface area contributed by atoms with Crippen LogP contribution in [0.2, 0.25) is 0 Å². The van der Waals surface area contributed by atoms with E-state index in [1.165, 1.54) is 0 Å². The first-order valence-electron chi connectivity index (χ1n) is 8.25. The number of ketones is 1. The summed E-state index contributed by atoms with van der Waals surface area (Å²) in [5, 5.41) is 10.1. The summed E-state index contributed by atoms with van der Waals surface area (Å²) in [5.41, 5.74) is 0. The van der Waals surface area contributed by atoms with Gasteiger partial charge in [0.05, 0.1) is 13.2 Å². The van der Waals surface area contributed by atoms with Gasteiger partial charge in [-0.1, -0.05) is 26.2 Å². The molecule has 0 aromatic rings. The van der Waals surface area contributed by atoms with Gasteiger partial charge < -0.3 is 14.6 Å². The number of unbranched alkanes of at least 4 members (excludes halogenated alkanes) is 2. The Bertz CT molecular complexity index is 468. The third kappa shape index (κ3) is 4.81. The maximum Gasteiger partial charge on any atom is 0.317 e. The fourth-order valence-corrected chi connectivity index (χ4v) is 2.96. The number of hydrogen-bond donors (Lipinski definition) is 1. The quantitative estimate of drug-likeness (QED) is 0.419. The largest absolute Gasteiger partial charge is 0.511 e. The number of aliphatic hydroxyl groups excluding tert-OH is 1. The Morgan fingerprint density at radius 1 is 1.04 bits per heavy atom. The molecule has 0 bridgehead atoms. The van der Waals surface area contributed by atoms with Gasteiger partial charge in [0, 0.05) is 6.08 Å². The van der Waals surface area contributed by atoms with E-state index in [0.717, 1.165) is 25.3 Å². The zero-order valence-corrected chi connectivity index (χ0v) is 14.0. The van der Waals surface area contributed by atoms with Crippen LogP contribution in [-0.4, -0.2) is 36.0 Å². The van der Waals surface area contributed by atoms with E-state index >= 15 is 0 Å². The molecule has 1 aliphatic carbocycles. The van der Waals surface area contributed by atoms with Crippen LogP contribution in [0.1, 0.15) is 46.5 Å². The van der Waals surface area contributed by atoms with E-state index in [-0.39, 0.29) is 19.0 Å². The molecule has 130 valence electrons. The molecule has 1 aliphatic rings. The number of aliphatic hydroxyl groups is 1. The Morgan fingerprint density at radius 3 is 2.13 bits per heavy atom. The summed E-state index contributed by atoms with van der Waals surface area (Å²) in [6.45, 7) is 5.69. The average molecular weight is 326 g/mol. The van der Waals surface area contributed by atoms with E-state index < -0.39 is 35.5 Å². The molecular formula is C17H26O6. The van der Waals surface area contributed by atoms with Crippen LogP contribution in [0.5, 0.6) is 0 Å². The Balaban J connectivity index is 3.12. The zero-order chi connectivity index (χ0) is 17.4. The number of esters is 2. The maximum atomic E-state index is 12.2. The molecule has 0 amide bonds. The van der Waals surface area contributed by atoms with Crippen molar-refractivity contribution >= 4 is 17.7 Å². The van der Waals surface area contributed by atoms with Crippen LogP contribution in [0, 0.1) is 17.8 Å². The van der Waals surface area contributed by atoms with Crippen LogP contribution in [0.25, 0.3) is 0 Å².